The van der Waals surface area contributed by atoms with Crippen LogP contribution >= 0.6 is 22.6 Å². The van der Waals surface area contributed by atoms with Crippen LogP contribution in [0.5, 0.6) is 0 Å². The Bertz CT molecular complexity index is 208. The van der Waals surface area contributed by atoms with Gasteiger partial charge in [0.25, 0.3) is 0 Å². The Morgan fingerprint density at radius 3 is 2.36 bits per heavy atom. The first-order valence-electron chi connectivity index (χ1n) is 3.38. The summed E-state index contributed by atoms with van der Waals surface area (Å²) < 4.78 is 1.21. The van der Waals surface area contributed by atoms with E-state index in [9.17, 15) is 0 Å². The molecule has 0 aromatic heterocycles. The third-order valence-corrected chi connectivity index (χ3v) is 1.39. The van der Waals surface area contributed by atoms with Crippen molar-refractivity contribution >= 4 is 28.8 Å². The van der Waals surface area contributed by atoms with Crippen molar-refractivity contribution in [1.29, 1.82) is 5.41 Å². The number of hydrogen-bond donors (Lipinski definition) is 1. The van der Waals surface area contributed by atoms with Gasteiger partial charge in [-0.05, 0) is 45.6 Å². The van der Waals surface area contributed by atoms with E-state index >= 15 is 0 Å². The highest BCUT2D eigenvalue weighted by Gasteiger charge is 1.81. The van der Waals surface area contributed by atoms with Crippen molar-refractivity contribution in [3.05, 3.63) is 33.5 Å². The molecule has 0 rings (SSSR count). The highest BCUT2D eigenvalue weighted by Crippen LogP contribution is 2.04. The van der Waals surface area contributed by atoms with Crippen molar-refractivity contribution in [1.82, 2.24) is 0 Å². The van der Waals surface area contributed by atoms with Gasteiger partial charge in [0.05, 0.1) is 0 Å². The Labute approximate surface area is 81.5 Å². The van der Waals surface area contributed by atoms with Gasteiger partial charge < -0.3 is 5.41 Å². The van der Waals surface area contributed by atoms with Crippen LogP contribution in [-0.2, 0) is 0 Å². The van der Waals surface area contributed by atoms with Gasteiger partial charge in [-0.2, -0.15) is 0 Å². The predicted octanol–water partition coefficient (Wildman–Crippen LogP) is 3.48. The third-order valence-electron chi connectivity index (χ3n) is 1.03. The van der Waals surface area contributed by atoms with Crippen LogP contribution in [0.1, 0.15) is 13.8 Å². The second-order valence-electron chi connectivity index (χ2n) is 2.06. The van der Waals surface area contributed by atoms with E-state index in [-0.39, 0.29) is 0 Å². The number of rotatable bonds is 3. The zero-order valence-electron chi connectivity index (χ0n) is 6.76. The summed E-state index contributed by atoms with van der Waals surface area (Å²) in [4.78, 5) is 0. The maximum atomic E-state index is 7.03. The molecule has 0 atom stereocenters. The molecule has 0 heterocycles. The quantitative estimate of drug-likeness (QED) is 0.457. The molecule has 0 fully saturated rings. The average Bonchev–Trinajstić information content (AvgIpc) is 1.97. The first-order chi connectivity index (χ1) is 5.20. The molecule has 0 saturated carbocycles. The van der Waals surface area contributed by atoms with Crippen molar-refractivity contribution in [2.45, 2.75) is 13.8 Å². The lowest BCUT2D eigenvalue weighted by Crippen LogP contribution is -1.75. The van der Waals surface area contributed by atoms with Crippen LogP contribution in [-0.4, -0.2) is 6.21 Å². The molecule has 2 heteroatoms. The first-order valence-corrected chi connectivity index (χ1v) is 4.46. The minimum Gasteiger partial charge on any atom is -0.308 e. The van der Waals surface area contributed by atoms with Crippen LogP contribution in [0.25, 0.3) is 0 Å². The molecule has 0 aliphatic rings. The molecule has 0 amide bonds. The summed E-state index contributed by atoms with van der Waals surface area (Å²) in [6, 6.07) is 0. The minimum atomic E-state index is 0.920. The summed E-state index contributed by atoms with van der Waals surface area (Å²) in [5.41, 5.74) is 0.920. The van der Waals surface area contributed by atoms with Crippen molar-refractivity contribution < 1.29 is 0 Å². The van der Waals surface area contributed by atoms with E-state index < -0.39 is 0 Å². The van der Waals surface area contributed by atoms with Gasteiger partial charge in [0, 0.05) is 6.21 Å². The lowest BCUT2D eigenvalue weighted by atomic mass is 10.2. The van der Waals surface area contributed by atoms with Gasteiger partial charge in [0.15, 0.2) is 0 Å². The van der Waals surface area contributed by atoms with Crippen molar-refractivity contribution in [3.63, 3.8) is 0 Å². The number of allylic oxidation sites excluding steroid dienone is 6. The minimum absolute atomic E-state index is 0.920. The molecule has 11 heavy (non-hydrogen) atoms. The molecule has 0 unspecified atom stereocenters. The maximum Gasteiger partial charge on any atom is 0.0250 e. The molecule has 0 spiro atoms. The SMILES string of the molecule is C/C=C/C(C=N)=C/C=C(\C)I. The lowest BCUT2D eigenvalue weighted by Gasteiger charge is -1.87. The summed E-state index contributed by atoms with van der Waals surface area (Å²) in [7, 11) is 0. The topological polar surface area (TPSA) is 23.9 Å². The maximum absolute atomic E-state index is 7.03. The van der Waals surface area contributed by atoms with Gasteiger partial charge in [0.2, 0.25) is 0 Å². The molecular weight excluding hydrogens is 249 g/mol. The van der Waals surface area contributed by atoms with Crippen molar-refractivity contribution in [2.75, 3.05) is 0 Å². The van der Waals surface area contributed by atoms with E-state index in [0.29, 0.717) is 0 Å². The lowest BCUT2D eigenvalue weighted by molar-refractivity contribution is 1.54. The zero-order valence-corrected chi connectivity index (χ0v) is 8.92. The molecule has 1 nitrogen and oxygen atoms in total. The van der Waals surface area contributed by atoms with Gasteiger partial charge in [0.1, 0.15) is 0 Å². The summed E-state index contributed by atoms with van der Waals surface area (Å²) in [5.74, 6) is 0. The van der Waals surface area contributed by atoms with Gasteiger partial charge in [-0.3, -0.25) is 0 Å². The van der Waals surface area contributed by atoms with E-state index in [4.69, 9.17) is 5.41 Å². The summed E-state index contributed by atoms with van der Waals surface area (Å²) in [6.45, 7) is 3.96. The van der Waals surface area contributed by atoms with Crippen LogP contribution < -0.4 is 0 Å². The fourth-order valence-electron chi connectivity index (χ4n) is 0.555. The van der Waals surface area contributed by atoms with Crippen LogP contribution in [0.2, 0.25) is 0 Å². The molecule has 0 saturated heterocycles. The van der Waals surface area contributed by atoms with E-state index in [1.807, 2.05) is 38.2 Å². The first kappa shape index (κ1) is 10.6. The van der Waals surface area contributed by atoms with Gasteiger partial charge in [-0.25, -0.2) is 0 Å². The van der Waals surface area contributed by atoms with E-state index in [1.165, 1.54) is 9.79 Å². The molecule has 0 aliphatic carbocycles. The fourth-order valence-corrected chi connectivity index (χ4v) is 0.735. The van der Waals surface area contributed by atoms with Crippen LogP contribution in [0, 0.1) is 5.41 Å². The molecular formula is C9H12IN. The molecule has 0 aliphatic heterocycles. The standard InChI is InChI=1S/C9H12IN/c1-3-4-9(7-11)6-5-8(2)10/h3-7,11H,1-2H3/b4-3+,8-5+,9-6-,11-7?. The highest BCUT2D eigenvalue weighted by atomic mass is 127. The van der Waals surface area contributed by atoms with Crippen LogP contribution in [0.15, 0.2) is 33.5 Å². The molecule has 1 N–H and O–H groups in total. The smallest absolute Gasteiger partial charge is 0.0250 e. The molecule has 0 radical (unpaired) electrons. The Kier molecular flexibility index (Phi) is 6.12. The van der Waals surface area contributed by atoms with Gasteiger partial charge in [-0.15, -0.1) is 0 Å². The second kappa shape index (κ2) is 6.34. The Hall–Kier alpha value is -0.380. The zero-order chi connectivity index (χ0) is 8.69. The average molecular weight is 261 g/mol. The fraction of sp³-hybridized carbons (Fsp3) is 0.222. The normalized spacial score (nSPS) is 14.1. The van der Waals surface area contributed by atoms with E-state index in [1.54, 1.807) is 0 Å². The van der Waals surface area contributed by atoms with Crippen LogP contribution in [0.4, 0.5) is 0 Å². The summed E-state index contributed by atoms with van der Waals surface area (Å²) >= 11 is 2.24. The summed E-state index contributed by atoms with van der Waals surface area (Å²) in [5, 5.41) is 7.03. The third kappa shape index (κ3) is 6.04. The number of nitrogens with one attached hydrogen (secondary N) is 1. The highest BCUT2D eigenvalue weighted by molar-refractivity contribution is 14.1. The Balaban J connectivity index is 4.36. The van der Waals surface area contributed by atoms with Crippen LogP contribution in [0.3, 0.4) is 0 Å². The van der Waals surface area contributed by atoms with Crippen molar-refractivity contribution in [3.8, 4) is 0 Å². The largest absolute Gasteiger partial charge is 0.308 e. The molecule has 0 aromatic rings. The monoisotopic (exact) mass is 261 g/mol. The van der Waals surface area contributed by atoms with E-state index in [0.717, 1.165) is 5.57 Å². The molecule has 0 bridgehead atoms. The molecule has 60 valence electrons. The van der Waals surface area contributed by atoms with Crippen molar-refractivity contribution in [2.24, 2.45) is 0 Å². The predicted molar refractivity (Wildman–Crippen MR) is 59.5 cm³/mol. The van der Waals surface area contributed by atoms with Gasteiger partial charge in [-0.1, -0.05) is 24.3 Å². The summed E-state index contributed by atoms with van der Waals surface area (Å²) in [6.07, 6.45) is 9.09. The number of halogens is 1. The van der Waals surface area contributed by atoms with E-state index in [2.05, 4.69) is 22.6 Å². The Morgan fingerprint density at radius 1 is 1.36 bits per heavy atom. The molecule has 0 aromatic carbocycles. The number of hydrogen-bond acceptors (Lipinski definition) is 1. The Morgan fingerprint density at radius 2 is 2.00 bits per heavy atom. The second-order valence-corrected chi connectivity index (χ2v) is 3.77. The van der Waals surface area contributed by atoms with Gasteiger partial charge >= 0.3 is 0 Å².